The zero-order valence-corrected chi connectivity index (χ0v) is 22.2. The summed E-state index contributed by atoms with van der Waals surface area (Å²) >= 11 is 6.15. The van der Waals surface area contributed by atoms with Crippen molar-refractivity contribution in [3.63, 3.8) is 0 Å². The lowest BCUT2D eigenvalue weighted by atomic mass is 10.1. The first-order valence-electron chi connectivity index (χ1n) is 12.5. The van der Waals surface area contributed by atoms with Gasteiger partial charge >= 0.3 is 6.18 Å². The van der Waals surface area contributed by atoms with Crippen molar-refractivity contribution in [2.24, 2.45) is 0 Å². The van der Waals surface area contributed by atoms with Gasteiger partial charge in [0.2, 0.25) is 5.88 Å². The minimum absolute atomic E-state index is 0.117. The molecule has 1 aromatic heterocycles. The molecule has 0 atom stereocenters. The predicted molar refractivity (Wildman–Crippen MR) is 142 cm³/mol. The van der Waals surface area contributed by atoms with Crippen molar-refractivity contribution in [1.82, 2.24) is 15.2 Å². The zero-order valence-electron chi connectivity index (χ0n) is 21.4. The second-order valence-corrected chi connectivity index (χ2v) is 9.71. The molecule has 218 valence electrons. The number of carbonyl (C=O) groups excluding carboxylic acids is 2. The van der Waals surface area contributed by atoms with E-state index in [1.54, 1.807) is 11.0 Å². The fourth-order valence-corrected chi connectivity index (χ4v) is 4.44. The molecule has 1 aliphatic heterocycles. The molecule has 0 saturated carbocycles. The van der Waals surface area contributed by atoms with E-state index in [9.17, 15) is 36.6 Å². The Labute approximate surface area is 236 Å². The van der Waals surface area contributed by atoms with Crippen molar-refractivity contribution < 1.29 is 36.6 Å². The van der Waals surface area contributed by atoms with Crippen LogP contribution in [0, 0.1) is 11.6 Å². The van der Waals surface area contributed by atoms with Gasteiger partial charge in [-0.2, -0.15) is 13.2 Å². The fraction of sp³-hybridized carbons (Fsp3) is 0.296. The van der Waals surface area contributed by atoms with Gasteiger partial charge in [0.05, 0.1) is 23.4 Å². The number of nitrogens with zero attached hydrogens (tertiary/aromatic N) is 3. The number of hydrogen-bond donors (Lipinski definition) is 3. The molecule has 4 rings (SSSR count). The summed E-state index contributed by atoms with van der Waals surface area (Å²) in [6, 6.07) is 10.8. The third-order valence-electron chi connectivity index (χ3n) is 6.45. The monoisotopic (exact) mass is 597 g/mol. The van der Waals surface area contributed by atoms with Gasteiger partial charge in [0.15, 0.2) is 11.6 Å². The minimum Gasteiger partial charge on any atom is -0.493 e. The molecule has 2 amide bonds. The molecule has 0 radical (unpaired) electrons. The first-order valence-corrected chi connectivity index (χ1v) is 12.8. The van der Waals surface area contributed by atoms with Crippen LogP contribution >= 0.6 is 11.6 Å². The first-order chi connectivity index (χ1) is 19.4. The zero-order chi connectivity index (χ0) is 29.7. The third-order valence-corrected chi connectivity index (χ3v) is 6.68. The lowest BCUT2D eigenvalue weighted by Gasteiger charge is -2.37. The van der Waals surface area contributed by atoms with Gasteiger partial charge in [0.25, 0.3) is 11.8 Å². The average Bonchev–Trinajstić information content (AvgIpc) is 2.93. The van der Waals surface area contributed by atoms with E-state index in [0.717, 1.165) is 12.1 Å². The summed E-state index contributed by atoms with van der Waals surface area (Å²) in [7, 11) is 0. The summed E-state index contributed by atoms with van der Waals surface area (Å²) in [5.74, 6) is -4.78. The number of amides is 2. The Bertz CT molecular complexity index is 1430. The van der Waals surface area contributed by atoms with Crippen LogP contribution < -0.4 is 15.5 Å². The van der Waals surface area contributed by atoms with Gasteiger partial charge in [-0.25, -0.2) is 13.8 Å². The SMILES string of the molecule is O=C(NCc1ccc(C(=O)Nc2ccc(Cl)cc2N2CCN(CCC(F)(F)F)CC2)c(F)c1F)c1cccc(O)n1. The van der Waals surface area contributed by atoms with E-state index in [0.29, 0.717) is 36.9 Å². The second-order valence-electron chi connectivity index (χ2n) is 9.27. The summed E-state index contributed by atoms with van der Waals surface area (Å²) in [6.45, 7) is 0.917. The van der Waals surface area contributed by atoms with Crippen LogP contribution in [0.2, 0.25) is 5.02 Å². The maximum Gasteiger partial charge on any atom is 0.390 e. The summed E-state index contributed by atoms with van der Waals surface area (Å²) in [5, 5.41) is 14.7. The molecular formula is C27H25ClF5N5O3. The van der Waals surface area contributed by atoms with Crippen molar-refractivity contribution >= 4 is 34.8 Å². The number of carbonyl (C=O) groups is 2. The molecule has 2 heterocycles. The Balaban J connectivity index is 1.43. The van der Waals surface area contributed by atoms with E-state index in [1.165, 1.54) is 30.3 Å². The Hall–Kier alpha value is -3.97. The first kappa shape index (κ1) is 30.0. The number of aromatic nitrogens is 1. The molecule has 0 bridgehead atoms. The molecule has 1 aliphatic rings. The quantitative estimate of drug-likeness (QED) is 0.317. The topological polar surface area (TPSA) is 97.8 Å². The molecule has 1 fully saturated rings. The number of benzene rings is 2. The summed E-state index contributed by atoms with van der Waals surface area (Å²) in [6.07, 6.45) is -5.15. The largest absolute Gasteiger partial charge is 0.493 e. The Morgan fingerprint density at radius 2 is 1.71 bits per heavy atom. The number of alkyl halides is 3. The van der Waals surface area contributed by atoms with Crippen LogP contribution in [0.25, 0.3) is 0 Å². The highest BCUT2D eigenvalue weighted by atomic mass is 35.5. The highest BCUT2D eigenvalue weighted by Crippen LogP contribution is 2.31. The molecule has 1 saturated heterocycles. The molecule has 0 aliphatic carbocycles. The number of piperazine rings is 1. The average molecular weight is 598 g/mol. The highest BCUT2D eigenvalue weighted by molar-refractivity contribution is 6.31. The van der Waals surface area contributed by atoms with Crippen LogP contribution in [0.5, 0.6) is 5.88 Å². The van der Waals surface area contributed by atoms with Gasteiger partial charge in [-0.05, 0) is 30.3 Å². The van der Waals surface area contributed by atoms with E-state index in [4.69, 9.17) is 11.6 Å². The number of aromatic hydroxyl groups is 1. The van der Waals surface area contributed by atoms with E-state index >= 15 is 0 Å². The standard InChI is InChI=1S/C27H25ClF5N5O3/c28-17-5-7-19(21(14-17)38-12-10-37(11-13-38)9-8-27(31,32)33)36-25(40)18-6-4-16(23(29)24(18)30)15-34-26(41)20-2-1-3-22(39)35-20/h1-7,14H,8-13,15H2,(H,34,41)(H,35,39)(H,36,40). The van der Waals surface area contributed by atoms with Crippen molar-refractivity contribution in [1.29, 1.82) is 0 Å². The third kappa shape index (κ3) is 7.82. The van der Waals surface area contributed by atoms with Crippen molar-refractivity contribution in [3.8, 4) is 5.88 Å². The molecule has 0 spiro atoms. The number of rotatable bonds is 8. The molecule has 3 N–H and O–H groups in total. The summed E-state index contributed by atoms with van der Waals surface area (Å²) < 4.78 is 67.4. The predicted octanol–water partition coefficient (Wildman–Crippen LogP) is 4.98. The smallest absolute Gasteiger partial charge is 0.390 e. The van der Waals surface area contributed by atoms with Crippen LogP contribution in [0.15, 0.2) is 48.5 Å². The van der Waals surface area contributed by atoms with E-state index in [-0.39, 0.29) is 29.4 Å². The molecule has 0 unspecified atom stereocenters. The molecule has 3 aromatic rings. The number of anilines is 2. The van der Waals surface area contributed by atoms with Crippen LogP contribution in [-0.2, 0) is 6.54 Å². The van der Waals surface area contributed by atoms with E-state index in [2.05, 4.69) is 15.6 Å². The molecule has 41 heavy (non-hydrogen) atoms. The van der Waals surface area contributed by atoms with E-state index < -0.39 is 48.2 Å². The van der Waals surface area contributed by atoms with Gasteiger partial charge in [0.1, 0.15) is 5.69 Å². The number of pyridine rings is 1. The normalized spacial score (nSPS) is 14.1. The van der Waals surface area contributed by atoms with Crippen LogP contribution in [0.1, 0.15) is 32.8 Å². The summed E-state index contributed by atoms with van der Waals surface area (Å²) in [4.78, 5) is 32.3. The summed E-state index contributed by atoms with van der Waals surface area (Å²) in [5.41, 5.74) is -0.170. The van der Waals surface area contributed by atoms with Gasteiger partial charge < -0.3 is 20.6 Å². The lowest BCUT2D eigenvalue weighted by Crippen LogP contribution is -2.47. The Morgan fingerprint density at radius 1 is 0.976 bits per heavy atom. The van der Waals surface area contributed by atoms with Gasteiger partial charge in [-0.15, -0.1) is 0 Å². The lowest BCUT2D eigenvalue weighted by molar-refractivity contribution is -0.138. The van der Waals surface area contributed by atoms with Crippen molar-refractivity contribution in [3.05, 3.63) is 82.0 Å². The fourth-order valence-electron chi connectivity index (χ4n) is 4.28. The van der Waals surface area contributed by atoms with Gasteiger partial charge in [0, 0.05) is 55.9 Å². The molecular weight excluding hydrogens is 573 g/mol. The maximum atomic E-state index is 14.9. The molecule has 2 aromatic carbocycles. The van der Waals surface area contributed by atoms with E-state index in [1.807, 2.05) is 4.90 Å². The maximum absolute atomic E-state index is 14.9. The Kier molecular flexibility index (Phi) is 9.28. The van der Waals surface area contributed by atoms with Crippen LogP contribution in [-0.4, -0.2) is 65.7 Å². The minimum atomic E-state index is -4.24. The van der Waals surface area contributed by atoms with Crippen molar-refractivity contribution in [2.45, 2.75) is 19.1 Å². The second kappa shape index (κ2) is 12.7. The van der Waals surface area contributed by atoms with Crippen LogP contribution in [0.4, 0.5) is 33.3 Å². The molecule has 8 nitrogen and oxygen atoms in total. The highest BCUT2D eigenvalue weighted by Gasteiger charge is 2.29. The van der Waals surface area contributed by atoms with Gasteiger partial charge in [-0.1, -0.05) is 23.7 Å². The molecule has 14 heteroatoms. The van der Waals surface area contributed by atoms with Gasteiger partial charge in [-0.3, -0.25) is 14.5 Å². The van der Waals surface area contributed by atoms with Crippen molar-refractivity contribution in [2.75, 3.05) is 42.9 Å². The van der Waals surface area contributed by atoms with Crippen LogP contribution in [0.3, 0.4) is 0 Å². The Morgan fingerprint density at radius 3 is 2.39 bits per heavy atom. The number of halogens is 6. The number of nitrogens with one attached hydrogen (secondary N) is 2. The number of hydrogen-bond acceptors (Lipinski definition) is 6.